The topological polar surface area (TPSA) is 70.4 Å². The van der Waals surface area contributed by atoms with E-state index in [0.29, 0.717) is 6.54 Å². The number of carbonyl (C=O) groups is 1. The number of nitrogens with zero attached hydrogens (tertiary/aromatic N) is 1. The first-order valence-electron chi connectivity index (χ1n) is 7.78. The fourth-order valence-electron chi connectivity index (χ4n) is 2.59. The largest absolute Gasteiger partial charge is 0.338 e. The molecule has 1 saturated heterocycles. The average Bonchev–Trinajstić information content (AvgIpc) is 2.97. The summed E-state index contributed by atoms with van der Waals surface area (Å²) in [5.41, 5.74) is 7.63. The van der Waals surface area contributed by atoms with Crippen molar-refractivity contribution in [3.63, 3.8) is 0 Å². The summed E-state index contributed by atoms with van der Waals surface area (Å²) >= 11 is 0. The molecule has 5 heteroatoms. The average molecular weight is 290 g/mol. The second-order valence-corrected chi connectivity index (χ2v) is 5.70. The van der Waals surface area contributed by atoms with Gasteiger partial charge in [0.25, 0.3) is 0 Å². The Morgan fingerprint density at radius 1 is 1.38 bits per heavy atom. The van der Waals surface area contributed by atoms with Crippen LogP contribution in [0, 0.1) is 0 Å². The van der Waals surface area contributed by atoms with Gasteiger partial charge in [0.2, 0.25) is 0 Å². The molecule has 1 aromatic carbocycles. The van der Waals surface area contributed by atoms with Gasteiger partial charge in [0.15, 0.2) is 0 Å². The van der Waals surface area contributed by atoms with E-state index in [1.165, 1.54) is 25.9 Å². The number of likely N-dealkylation sites (tertiary alicyclic amines) is 1. The number of amides is 2. The van der Waals surface area contributed by atoms with E-state index in [1.54, 1.807) is 0 Å². The molecule has 1 fully saturated rings. The Bertz CT molecular complexity index is 455. The maximum Gasteiger partial charge on any atom is 0.319 e. The molecular weight excluding hydrogens is 264 g/mol. The van der Waals surface area contributed by atoms with Gasteiger partial charge in [0.05, 0.1) is 0 Å². The summed E-state index contributed by atoms with van der Waals surface area (Å²) in [7, 11) is 0. The Morgan fingerprint density at radius 3 is 2.86 bits per heavy atom. The van der Waals surface area contributed by atoms with Crippen LogP contribution in [0.15, 0.2) is 24.3 Å². The highest BCUT2D eigenvalue weighted by molar-refractivity contribution is 5.89. The van der Waals surface area contributed by atoms with Crippen LogP contribution in [-0.4, -0.2) is 37.1 Å². The summed E-state index contributed by atoms with van der Waals surface area (Å²) in [6.07, 6.45) is 3.61. The van der Waals surface area contributed by atoms with Crippen LogP contribution in [-0.2, 0) is 0 Å². The summed E-state index contributed by atoms with van der Waals surface area (Å²) < 4.78 is 0. The van der Waals surface area contributed by atoms with E-state index in [1.807, 2.05) is 31.2 Å². The van der Waals surface area contributed by atoms with E-state index >= 15 is 0 Å². The predicted octanol–water partition coefficient (Wildman–Crippen LogP) is 2.31. The molecule has 1 atom stereocenters. The minimum absolute atomic E-state index is 0.0322. The monoisotopic (exact) mass is 290 g/mol. The first kappa shape index (κ1) is 15.8. The van der Waals surface area contributed by atoms with Crippen LogP contribution in [0.1, 0.15) is 37.8 Å². The van der Waals surface area contributed by atoms with Crippen LogP contribution in [0.3, 0.4) is 0 Å². The SMILES string of the molecule is CC(N)c1cccc(NC(=O)NCCCN2CCCC2)c1. The van der Waals surface area contributed by atoms with Gasteiger partial charge in [-0.05, 0) is 63.5 Å². The van der Waals surface area contributed by atoms with Crippen molar-refractivity contribution in [1.82, 2.24) is 10.2 Å². The maximum absolute atomic E-state index is 11.8. The van der Waals surface area contributed by atoms with Crippen LogP contribution in [0.5, 0.6) is 0 Å². The molecule has 0 aromatic heterocycles. The van der Waals surface area contributed by atoms with Crippen LogP contribution in [0.2, 0.25) is 0 Å². The first-order chi connectivity index (χ1) is 10.1. The number of nitrogens with one attached hydrogen (secondary N) is 2. The van der Waals surface area contributed by atoms with E-state index in [0.717, 1.165) is 24.2 Å². The number of rotatable bonds is 6. The van der Waals surface area contributed by atoms with Crippen molar-refractivity contribution in [2.45, 2.75) is 32.2 Å². The summed E-state index contributed by atoms with van der Waals surface area (Å²) in [6.45, 7) is 6.11. The quantitative estimate of drug-likeness (QED) is 0.704. The number of benzene rings is 1. The molecule has 1 aliphatic rings. The molecule has 116 valence electrons. The molecule has 1 heterocycles. The van der Waals surface area contributed by atoms with E-state index in [-0.39, 0.29) is 12.1 Å². The van der Waals surface area contributed by atoms with E-state index < -0.39 is 0 Å². The van der Waals surface area contributed by atoms with Crippen molar-refractivity contribution in [3.05, 3.63) is 29.8 Å². The van der Waals surface area contributed by atoms with E-state index in [2.05, 4.69) is 15.5 Å². The molecule has 1 aromatic rings. The summed E-state index contributed by atoms with van der Waals surface area (Å²) in [5, 5.41) is 5.74. The standard InChI is InChI=1S/C16H26N4O/c1-13(17)14-6-4-7-15(12-14)19-16(21)18-8-5-11-20-9-2-3-10-20/h4,6-7,12-13H,2-3,5,8-11,17H2,1H3,(H2,18,19,21). The zero-order valence-electron chi connectivity index (χ0n) is 12.8. The molecule has 1 aliphatic heterocycles. The third-order valence-electron chi connectivity index (χ3n) is 3.81. The van der Waals surface area contributed by atoms with Crippen molar-refractivity contribution >= 4 is 11.7 Å². The zero-order chi connectivity index (χ0) is 15.1. The molecular formula is C16H26N4O. The van der Waals surface area contributed by atoms with Gasteiger partial charge in [-0.3, -0.25) is 0 Å². The number of hydrogen-bond acceptors (Lipinski definition) is 3. The second kappa shape index (κ2) is 8.00. The molecule has 1 unspecified atom stereocenters. The third-order valence-corrected chi connectivity index (χ3v) is 3.81. The molecule has 0 saturated carbocycles. The van der Waals surface area contributed by atoms with Crippen molar-refractivity contribution in [1.29, 1.82) is 0 Å². The van der Waals surface area contributed by atoms with Gasteiger partial charge in [0, 0.05) is 18.3 Å². The normalized spacial score (nSPS) is 16.7. The molecule has 21 heavy (non-hydrogen) atoms. The smallest absolute Gasteiger partial charge is 0.319 e. The maximum atomic E-state index is 11.8. The van der Waals surface area contributed by atoms with Crippen molar-refractivity contribution in [2.24, 2.45) is 5.73 Å². The van der Waals surface area contributed by atoms with Gasteiger partial charge in [-0.2, -0.15) is 0 Å². The highest BCUT2D eigenvalue weighted by atomic mass is 16.2. The fraction of sp³-hybridized carbons (Fsp3) is 0.562. The summed E-state index contributed by atoms with van der Waals surface area (Å²) in [6, 6.07) is 7.46. The third kappa shape index (κ3) is 5.36. The van der Waals surface area contributed by atoms with Crippen LogP contribution >= 0.6 is 0 Å². The minimum Gasteiger partial charge on any atom is -0.338 e. The lowest BCUT2D eigenvalue weighted by atomic mass is 10.1. The van der Waals surface area contributed by atoms with Gasteiger partial charge in [0.1, 0.15) is 0 Å². The predicted molar refractivity (Wildman–Crippen MR) is 86.4 cm³/mol. The van der Waals surface area contributed by atoms with Crippen molar-refractivity contribution in [2.75, 3.05) is 31.5 Å². The van der Waals surface area contributed by atoms with Crippen LogP contribution < -0.4 is 16.4 Å². The van der Waals surface area contributed by atoms with E-state index in [9.17, 15) is 4.79 Å². The Labute approximate surface area is 126 Å². The van der Waals surface area contributed by atoms with Gasteiger partial charge >= 0.3 is 6.03 Å². The van der Waals surface area contributed by atoms with Gasteiger partial charge in [-0.15, -0.1) is 0 Å². The minimum atomic E-state index is -0.154. The van der Waals surface area contributed by atoms with Crippen molar-refractivity contribution in [3.8, 4) is 0 Å². The highest BCUT2D eigenvalue weighted by Gasteiger charge is 2.10. The lowest BCUT2D eigenvalue weighted by molar-refractivity contribution is 0.251. The Morgan fingerprint density at radius 2 is 2.14 bits per heavy atom. The van der Waals surface area contributed by atoms with Gasteiger partial charge < -0.3 is 21.3 Å². The second-order valence-electron chi connectivity index (χ2n) is 5.70. The molecule has 2 rings (SSSR count). The molecule has 0 spiro atoms. The summed E-state index contributed by atoms with van der Waals surface area (Å²) in [5.74, 6) is 0. The number of carbonyl (C=O) groups excluding carboxylic acids is 1. The molecule has 0 bridgehead atoms. The first-order valence-corrected chi connectivity index (χ1v) is 7.78. The lowest BCUT2D eigenvalue weighted by Crippen LogP contribution is -2.31. The number of nitrogens with two attached hydrogens (primary N) is 1. The summed E-state index contributed by atoms with van der Waals surface area (Å²) in [4.78, 5) is 14.3. The van der Waals surface area contributed by atoms with Crippen molar-refractivity contribution < 1.29 is 4.79 Å². The van der Waals surface area contributed by atoms with E-state index in [4.69, 9.17) is 5.73 Å². The fourth-order valence-corrected chi connectivity index (χ4v) is 2.59. The Hall–Kier alpha value is -1.59. The van der Waals surface area contributed by atoms with Gasteiger partial charge in [-0.25, -0.2) is 4.79 Å². The number of urea groups is 1. The van der Waals surface area contributed by atoms with Gasteiger partial charge in [-0.1, -0.05) is 12.1 Å². The Balaban J connectivity index is 1.67. The molecule has 5 nitrogen and oxygen atoms in total. The lowest BCUT2D eigenvalue weighted by Gasteiger charge is -2.14. The number of hydrogen-bond donors (Lipinski definition) is 3. The highest BCUT2D eigenvalue weighted by Crippen LogP contribution is 2.15. The Kier molecular flexibility index (Phi) is 6.02. The zero-order valence-corrected chi connectivity index (χ0v) is 12.8. The molecule has 4 N–H and O–H groups in total. The van der Waals surface area contributed by atoms with Crippen LogP contribution in [0.25, 0.3) is 0 Å². The molecule has 2 amide bonds. The van der Waals surface area contributed by atoms with Crippen LogP contribution in [0.4, 0.5) is 10.5 Å². The number of anilines is 1. The molecule has 0 radical (unpaired) electrons. The molecule has 0 aliphatic carbocycles.